The molecule has 1 fully saturated rings. The van der Waals surface area contributed by atoms with Crippen LogP contribution in [0.1, 0.15) is 25.3 Å². The van der Waals surface area contributed by atoms with Gasteiger partial charge in [-0.1, -0.05) is 6.07 Å². The molecule has 4 rings (SSSR count). The second-order valence-electron chi connectivity index (χ2n) is 7.34. The summed E-state index contributed by atoms with van der Waals surface area (Å²) in [5, 5.41) is 16.7. The number of pyridine rings is 1. The number of imidazole rings is 1. The van der Waals surface area contributed by atoms with Crippen LogP contribution >= 0.6 is 0 Å². The van der Waals surface area contributed by atoms with Gasteiger partial charge < -0.3 is 15.7 Å². The van der Waals surface area contributed by atoms with Gasteiger partial charge in [0.05, 0.1) is 24.3 Å². The first-order chi connectivity index (χ1) is 13.8. The van der Waals surface area contributed by atoms with Gasteiger partial charge in [-0.25, -0.2) is 9.97 Å². The molecule has 2 atom stereocenters. The number of piperidine rings is 1. The highest BCUT2D eigenvalue weighted by Crippen LogP contribution is 2.38. The van der Waals surface area contributed by atoms with Gasteiger partial charge in [0, 0.05) is 24.3 Å². The van der Waals surface area contributed by atoms with Gasteiger partial charge in [-0.15, -0.1) is 0 Å². The van der Waals surface area contributed by atoms with E-state index >= 15 is 0 Å². The minimum atomic E-state index is -4.81. The van der Waals surface area contributed by atoms with Crippen molar-refractivity contribution in [3.05, 3.63) is 42.5 Å². The van der Waals surface area contributed by atoms with E-state index in [0.717, 1.165) is 32.9 Å². The maximum Gasteiger partial charge on any atom is 0.421 e. The minimum absolute atomic E-state index is 0.240. The van der Waals surface area contributed by atoms with Crippen LogP contribution in [0.3, 0.4) is 0 Å². The van der Waals surface area contributed by atoms with Crippen LogP contribution in [-0.2, 0) is 5.60 Å². The number of alkyl halides is 3. The van der Waals surface area contributed by atoms with Crippen LogP contribution < -0.4 is 10.6 Å². The van der Waals surface area contributed by atoms with Crippen molar-refractivity contribution in [3.63, 3.8) is 0 Å². The summed E-state index contributed by atoms with van der Waals surface area (Å²) < 4.78 is 41.2. The molecular formula is C19H21F3N6O. The van der Waals surface area contributed by atoms with E-state index < -0.39 is 11.8 Å². The Morgan fingerprint density at radius 3 is 2.79 bits per heavy atom. The lowest BCUT2D eigenvalue weighted by atomic mass is 9.97. The summed E-state index contributed by atoms with van der Waals surface area (Å²) in [6.07, 6.45) is 3.18. The highest BCUT2D eigenvalue weighted by atomic mass is 19.4. The molecule has 10 heteroatoms. The second-order valence-corrected chi connectivity index (χ2v) is 7.34. The SMILES string of the molecule is CC(O)(c1ccc2ncc(-c3cncc(NC4CCCNC4)n3)n2c1)C(F)(F)F. The topological polar surface area (TPSA) is 87.4 Å². The molecule has 0 aromatic carbocycles. The minimum Gasteiger partial charge on any atom is -0.376 e. The van der Waals surface area contributed by atoms with Crippen molar-refractivity contribution in [2.24, 2.45) is 0 Å². The number of nitrogens with zero attached hydrogens (tertiary/aromatic N) is 4. The number of hydrogen-bond acceptors (Lipinski definition) is 6. The van der Waals surface area contributed by atoms with E-state index in [2.05, 4.69) is 25.6 Å². The van der Waals surface area contributed by atoms with Crippen LogP contribution in [0.25, 0.3) is 17.0 Å². The van der Waals surface area contributed by atoms with Crippen LogP contribution in [0.15, 0.2) is 36.9 Å². The fourth-order valence-electron chi connectivity index (χ4n) is 3.36. The number of fused-ring (bicyclic) bond motifs is 1. The van der Waals surface area contributed by atoms with Crippen molar-refractivity contribution in [2.75, 3.05) is 18.4 Å². The number of rotatable bonds is 4. The molecule has 3 aromatic rings. The van der Waals surface area contributed by atoms with Crippen LogP contribution in [0, 0.1) is 0 Å². The lowest BCUT2D eigenvalue weighted by Gasteiger charge is -2.26. The molecule has 2 unspecified atom stereocenters. The van der Waals surface area contributed by atoms with Crippen LogP contribution in [0.2, 0.25) is 0 Å². The summed E-state index contributed by atoms with van der Waals surface area (Å²) in [6.45, 7) is 2.56. The van der Waals surface area contributed by atoms with E-state index in [0.29, 0.717) is 22.9 Å². The van der Waals surface area contributed by atoms with Crippen molar-refractivity contribution in [1.29, 1.82) is 0 Å². The zero-order valence-corrected chi connectivity index (χ0v) is 15.7. The van der Waals surface area contributed by atoms with Crippen molar-refractivity contribution in [1.82, 2.24) is 24.7 Å². The Kier molecular flexibility index (Phi) is 4.91. The molecule has 1 aliphatic heterocycles. The standard InChI is InChI=1S/C19H21F3N6O/c1-18(29,19(20,21)22)12-4-5-17-25-9-15(28(17)11-12)14-8-24-10-16(27-14)26-13-3-2-6-23-7-13/h4-5,8-11,13,23,29H,2-3,6-7H2,1H3,(H,26,27). The molecule has 0 amide bonds. The van der Waals surface area contributed by atoms with E-state index in [1.165, 1.54) is 35.1 Å². The number of nitrogens with one attached hydrogen (secondary N) is 2. The average Bonchev–Trinajstić information content (AvgIpc) is 3.11. The summed E-state index contributed by atoms with van der Waals surface area (Å²) in [6, 6.07) is 2.89. The van der Waals surface area contributed by atoms with Crippen molar-refractivity contribution in [2.45, 2.75) is 37.6 Å². The van der Waals surface area contributed by atoms with Crippen molar-refractivity contribution >= 4 is 11.5 Å². The van der Waals surface area contributed by atoms with Gasteiger partial charge >= 0.3 is 6.18 Å². The zero-order chi connectivity index (χ0) is 20.6. The first kappa shape index (κ1) is 19.6. The maximum atomic E-state index is 13.2. The largest absolute Gasteiger partial charge is 0.421 e. The number of hydrogen-bond donors (Lipinski definition) is 3. The van der Waals surface area contributed by atoms with Gasteiger partial charge in [0.1, 0.15) is 17.2 Å². The van der Waals surface area contributed by atoms with E-state index in [-0.39, 0.29) is 11.6 Å². The molecule has 3 N–H and O–H groups in total. The molecule has 3 aromatic heterocycles. The van der Waals surface area contributed by atoms with Gasteiger partial charge in [0.15, 0.2) is 5.60 Å². The molecule has 4 heterocycles. The highest BCUT2D eigenvalue weighted by molar-refractivity contribution is 5.61. The first-order valence-electron chi connectivity index (χ1n) is 9.32. The van der Waals surface area contributed by atoms with Crippen molar-refractivity contribution < 1.29 is 18.3 Å². The second kappa shape index (κ2) is 7.27. The molecule has 0 aliphatic carbocycles. The molecule has 154 valence electrons. The van der Waals surface area contributed by atoms with Crippen LogP contribution in [-0.4, -0.2) is 49.8 Å². The third kappa shape index (κ3) is 3.77. The molecular weight excluding hydrogens is 385 g/mol. The van der Waals surface area contributed by atoms with E-state index in [4.69, 9.17) is 0 Å². The van der Waals surface area contributed by atoms with Gasteiger partial charge in [-0.3, -0.25) is 9.38 Å². The highest BCUT2D eigenvalue weighted by Gasteiger charge is 2.51. The lowest BCUT2D eigenvalue weighted by molar-refractivity contribution is -0.259. The zero-order valence-electron chi connectivity index (χ0n) is 15.7. The maximum absolute atomic E-state index is 13.2. The number of halogens is 3. The molecule has 0 bridgehead atoms. The molecule has 1 aliphatic rings. The van der Waals surface area contributed by atoms with Crippen LogP contribution in [0.5, 0.6) is 0 Å². The van der Waals surface area contributed by atoms with Gasteiger partial charge in [-0.05, 0) is 32.4 Å². The molecule has 1 saturated heterocycles. The number of anilines is 1. The van der Waals surface area contributed by atoms with Gasteiger partial charge in [0.25, 0.3) is 0 Å². The predicted octanol–water partition coefficient (Wildman–Crippen LogP) is 2.73. The summed E-state index contributed by atoms with van der Waals surface area (Å²) in [7, 11) is 0. The summed E-state index contributed by atoms with van der Waals surface area (Å²) in [4.78, 5) is 13.0. The van der Waals surface area contributed by atoms with Gasteiger partial charge in [0.2, 0.25) is 0 Å². The van der Waals surface area contributed by atoms with Crippen LogP contribution in [0.4, 0.5) is 19.0 Å². The third-order valence-electron chi connectivity index (χ3n) is 5.17. The predicted molar refractivity (Wildman–Crippen MR) is 101 cm³/mol. The molecule has 0 spiro atoms. The fourth-order valence-corrected chi connectivity index (χ4v) is 3.36. The van der Waals surface area contributed by atoms with Crippen molar-refractivity contribution in [3.8, 4) is 11.4 Å². The first-order valence-corrected chi connectivity index (χ1v) is 9.32. The Labute approximate surface area is 165 Å². The van der Waals surface area contributed by atoms with E-state index in [1.54, 1.807) is 6.20 Å². The molecule has 0 saturated carbocycles. The smallest absolute Gasteiger partial charge is 0.376 e. The molecule has 7 nitrogen and oxygen atoms in total. The summed E-state index contributed by atoms with van der Waals surface area (Å²) >= 11 is 0. The van der Waals surface area contributed by atoms with Gasteiger partial charge in [-0.2, -0.15) is 13.2 Å². The van der Waals surface area contributed by atoms with E-state index in [9.17, 15) is 18.3 Å². The third-order valence-corrected chi connectivity index (χ3v) is 5.17. The lowest BCUT2D eigenvalue weighted by Crippen LogP contribution is -2.39. The Hall–Kier alpha value is -2.72. The fraction of sp³-hybridized carbons (Fsp3) is 0.421. The Balaban J connectivity index is 1.69. The normalized spacial score (nSPS) is 19.8. The quantitative estimate of drug-likeness (QED) is 0.618. The molecule has 29 heavy (non-hydrogen) atoms. The average molecular weight is 406 g/mol. The Morgan fingerprint density at radius 1 is 1.24 bits per heavy atom. The number of aliphatic hydroxyl groups is 1. The Morgan fingerprint density at radius 2 is 2.07 bits per heavy atom. The summed E-state index contributed by atoms with van der Waals surface area (Å²) in [5.41, 5.74) is -1.87. The van der Waals surface area contributed by atoms with E-state index in [1.807, 2.05) is 0 Å². The Bertz CT molecular complexity index is 1010. The summed E-state index contributed by atoms with van der Waals surface area (Å²) in [5.74, 6) is 0.588. The number of aromatic nitrogens is 4. The molecule has 0 radical (unpaired) electrons. The monoisotopic (exact) mass is 406 g/mol.